The average Bonchev–Trinajstić information content (AvgIpc) is 2.64. The molecule has 4 atom stereocenters. The van der Waals surface area contributed by atoms with Crippen molar-refractivity contribution >= 4 is 12.2 Å². The van der Waals surface area contributed by atoms with Gasteiger partial charge in [-0.2, -0.15) is 0 Å². The van der Waals surface area contributed by atoms with E-state index in [9.17, 15) is 19.4 Å². The van der Waals surface area contributed by atoms with E-state index in [0.717, 1.165) is 10.6 Å². The molecule has 0 radical (unpaired) electrons. The van der Waals surface area contributed by atoms with Gasteiger partial charge in [0.15, 0.2) is 22.8 Å². The van der Waals surface area contributed by atoms with E-state index in [1.807, 2.05) is 0 Å². The fraction of sp³-hybridized carbons (Fsp3) is 0.455. The summed E-state index contributed by atoms with van der Waals surface area (Å²) in [5.74, 6) is 2.06. The zero-order valence-electron chi connectivity index (χ0n) is 9.62. The molecule has 1 aromatic rings. The van der Waals surface area contributed by atoms with Gasteiger partial charge in [-0.1, -0.05) is 5.92 Å². The Labute approximate surface area is 112 Å². The smallest absolute Gasteiger partial charge is 0.251 e. The van der Waals surface area contributed by atoms with Gasteiger partial charge in [-0.25, -0.2) is 4.39 Å². The summed E-state index contributed by atoms with van der Waals surface area (Å²) in [6.07, 6.45) is 1.51. The Balaban J connectivity index is 2.46. The van der Waals surface area contributed by atoms with Gasteiger partial charge in [0.2, 0.25) is 0 Å². The minimum atomic E-state index is -1.89. The van der Waals surface area contributed by atoms with Crippen molar-refractivity contribution in [1.82, 2.24) is 9.55 Å². The number of nitrogens with zero attached hydrogens (tertiary/aromatic N) is 1. The van der Waals surface area contributed by atoms with E-state index in [-0.39, 0.29) is 4.77 Å². The first kappa shape index (κ1) is 13.9. The molecule has 1 unspecified atom stereocenters. The maximum absolute atomic E-state index is 14.1. The Morgan fingerprint density at radius 1 is 1.74 bits per heavy atom. The topological polar surface area (TPSA) is 87.5 Å². The van der Waals surface area contributed by atoms with Crippen molar-refractivity contribution in [1.29, 1.82) is 0 Å². The van der Waals surface area contributed by atoms with Crippen LogP contribution in [-0.4, -0.2) is 44.2 Å². The molecule has 3 N–H and O–H groups in total. The first-order valence-electron chi connectivity index (χ1n) is 5.35. The third-order valence-electron chi connectivity index (χ3n) is 2.99. The quantitative estimate of drug-likeness (QED) is 0.504. The van der Waals surface area contributed by atoms with Crippen LogP contribution in [0.25, 0.3) is 0 Å². The molecule has 1 aliphatic rings. The number of alkyl halides is 1. The predicted octanol–water partition coefficient (Wildman–Crippen LogP) is -0.502. The van der Waals surface area contributed by atoms with Crippen molar-refractivity contribution < 1.29 is 19.3 Å². The molecule has 0 bridgehead atoms. The molecule has 8 heteroatoms. The van der Waals surface area contributed by atoms with Crippen LogP contribution >= 0.6 is 12.2 Å². The summed E-state index contributed by atoms with van der Waals surface area (Å²) in [4.78, 5) is 13.3. The number of halogens is 1. The molecule has 2 rings (SSSR count). The fourth-order valence-electron chi connectivity index (χ4n) is 1.90. The summed E-state index contributed by atoms with van der Waals surface area (Å²) >= 11 is 4.88. The van der Waals surface area contributed by atoms with Crippen LogP contribution in [0.3, 0.4) is 0 Å². The van der Waals surface area contributed by atoms with E-state index in [2.05, 4.69) is 10.9 Å². The number of hydrogen-bond acceptors (Lipinski definition) is 5. The lowest BCUT2D eigenvalue weighted by Gasteiger charge is -2.23. The van der Waals surface area contributed by atoms with Crippen molar-refractivity contribution in [2.24, 2.45) is 0 Å². The second kappa shape index (κ2) is 4.86. The third kappa shape index (κ3) is 2.11. The average molecular weight is 286 g/mol. The molecule has 102 valence electrons. The molecular weight excluding hydrogens is 275 g/mol. The van der Waals surface area contributed by atoms with Crippen molar-refractivity contribution in [3.05, 3.63) is 27.4 Å². The van der Waals surface area contributed by atoms with Crippen LogP contribution < -0.4 is 5.56 Å². The Morgan fingerprint density at radius 2 is 2.42 bits per heavy atom. The summed E-state index contributed by atoms with van der Waals surface area (Å²) in [6, 6.07) is 1.13. The van der Waals surface area contributed by atoms with Gasteiger partial charge in [0.1, 0.15) is 6.10 Å². The molecule has 1 aromatic heterocycles. The highest BCUT2D eigenvalue weighted by Crippen LogP contribution is 2.38. The number of hydrogen-bond donors (Lipinski definition) is 3. The van der Waals surface area contributed by atoms with E-state index >= 15 is 0 Å². The molecule has 6 nitrogen and oxygen atoms in total. The Morgan fingerprint density at radius 3 is 2.89 bits per heavy atom. The SMILES string of the molecule is C#C[C@]1(CO)O[C@@H](n2ccc(=O)[nH]c2=S)[C@@H](F)C1O. The number of H-pyrrole nitrogens is 1. The molecule has 0 saturated carbocycles. The molecule has 0 aliphatic carbocycles. The number of rotatable bonds is 2. The van der Waals surface area contributed by atoms with Gasteiger partial charge in [0.05, 0.1) is 6.61 Å². The van der Waals surface area contributed by atoms with E-state index in [4.69, 9.17) is 23.4 Å². The molecule has 1 aliphatic heterocycles. The van der Waals surface area contributed by atoms with E-state index < -0.39 is 36.3 Å². The molecular formula is C11H11FN2O4S. The van der Waals surface area contributed by atoms with Crippen molar-refractivity contribution in [2.75, 3.05) is 6.61 Å². The lowest BCUT2D eigenvalue weighted by atomic mass is 9.98. The van der Waals surface area contributed by atoms with Gasteiger partial charge in [0, 0.05) is 12.3 Å². The van der Waals surface area contributed by atoms with Crippen LogP contribution in [0.4, 0.5) is 4.39 Å². The van der Waals surface area contributed by atoms with Crippen molar-refractivity contribution in [2.45, 2.75) is 24.1 Å². The third-order valence-corrected chi connectivity index (χ3v) is 3.30. The molecule has 1 fully saturated rings. The number of nitrogens with one attached hydrogen (secondary N) is 1. The normalized spacial score (nSPS) is 34.1. The van der Waals surface area contributed by atoms with Crippen molar-refractivity contribution in [3.63, 3.8) is 0 Å². The van der Waals surface area contributed by atoms with Crippen LogP contribution in [-0.2, 0) is 4.74 Å². The van der Waals surface area contributed by atoms with Gasteiger partial charge < -0.3 is 14.9 Å². The van der Waals surface area contributed by atoms with Crippen LogP contribution in [0.1, 0.15) is 6.23 Å². The van der Waals surface area contributed by atoms with E-state index in [1.54, 1.807) is 0 Å². The first-order chi connectivity index (χ1) is 8.95. The van der Waals surface area contributed by atoms with Crippen LogP contribution in [0, 0.1) is 17.1 Å². The number of ether oxygens (including phenoxy) is 1. The van der Waals surface area contributed by atoms with Crippen LogP contribution in [0.2, 0.25) is 0 Å². The summed E-state index contributed by atoms with van der Waals surface area (Å²) in [6.45, 7) is -0.738. The van der Waals surface area contributed by atoms with Crippen LogP contribution in [0.15, 0.2) is 17.1 Å². The van der Waals surface area contributed by atoms with Gasteiger partial charge in [-0.3, -0.25) is 14.3 Å². The lowest BCUT2D eigenvalue weighted by molar-refractivity contribution is -0.0917. The number of aromatic amines is 1. The number of aliphatic hydroxyl groups is 2. The standard InChI is InChI=1S/C11H11FN2O4S/c1-2-11(5-15)8(17)7(12)9(18-11)14-4-3-6(16)13-10(14)19/h1,3-4,7-9,15,17H,5H2,(H,13,16,19)/t7-,8?,9+,11+/m0/s1. The minimum absolute atomic E-state index is 0.0712. The monoisotopic (exact) mass is 286 g/mol. The van der Waals surface area contributed by atoms with E-state index in [1.165, 1.54) is 6.20 Å². The summed E-state index contributed by atoms with van der Waals surface area (Å²) in [7, 11) is 0. The molecule has 0 amide bonds. The zero-order chi connectivity index (χ0) is 14.2. The number of aromatic nitrogens is 2. The van der Waals surface area contributed by atoms with Gasteiger partial charge in [0.25, 0.3) is 5.56 Å². The highest BCUT2D eigenvalue weighted by Gasteiger charge is 2.55. The highest BCUT2D eigenvalue weighted by molar-refractivity contribution is 7.71. The molecule has 19 heavy (non-hydrogen) atoms. The highest BCUT2D eigenvalue weighted by atomic mass is 32.1. The van der Waals surface area contributed by atoms with Gasteiger partial charge in [-0.15, -0.1) is 6.42 Å². The van der Waals surface area contributed by atoms with Gasteiger partial charge >= 0.3 is 0 Å². The zero-order valence-corrected chi connectivity index (χ0v) is 10.4. The van der Waals surface area contributed by atoms with Gasteiger partial charge in [-0.05, 0) is 12.2 Å². The maximum Gasteiger partial charge on any atom is 0.251 e. The lowest BCUT2D eigenvalue weighted by Crippen LogP contribution is -2.44. The Hall–Kier alpha value is -1.53. The first-order valence-corrected chi connectivity index (χ1v) is 5.76. The predicted molar refractivity (Wildman–Crippen MR) is 65.6 cm³/mol. The van der Waals surface area contributed by atoms with E-state index in [0.29, 0.717) is 0 Å². The fourth-order valence-corrected chi connectivity index (χ4v) is 2.16. The maximum atomic E-state index is 14.1. The summed E-state index contributed by atoms with van der Waals surface area (Å²) in [5.41, 5.74) is -2.27. The van der Waals surface area contributed by atoms with Crippen molar-refractivity contribution in [3.8, 4) is 12.3 Å². The molecule has 1 saturated heterocycles. The largest absolute Gasteiger partial charge is 0.392 e. The van der Waals surface area contributed by atoms with Crippen LogP contribution in [0.5, 0.6) is 0 Å². The number of aliphatic hydroxyl groups excluding tert-OH is 2. The second-order valence-corrected chi connectivity index (χ2v) is 4.49. The number of terminal acetylenes is 1. The Bertz CT molecular complexity index is 637. The summed E-state index contributed by atoms with van der Waals surface area (Å²) in [5, 5.41) is 19.0. The molecule has 0 aromatic carbocycles. The second-order valence-electron chi connectivity index (χ2n) is 4.11. The Kier molecular flexibility index (Phi) is 3.56. The summed E-state index contributed by atoms with van der Waals surface area (Å²) < 4.78 is 20.4. The molecule has 2 heterocycles. The minimum Gasteiger partial charge on any atom is -0.392 e. The molecule has 0 spiro atoms.